The third kappa shape index (κ3) is 2.88. The molecule has 5 N–H and O–H groups in total. The number of hydrogen-bond acceptors (Lipinski definition) is 3. The minimum absolute atomic E-state index is 0.0706. The third-order valence-corrected chi connectivity index (χ3v) is 3.59. The Morgan fingerprint density at radius 2 is 2.12 bits per heavy atom. The molecule has 1 heterocycles. The first kappa shape index (κ1) is 12.2. The molecule has 0 radical (unpaired) electrons. The van der Waals surface area contributed by atoms with Crippen LogP contribution in [0, 0.1) is 5.92 Å². The molecule has 6 heteroatoms. The van der Waals surface area contributed by atoms with Crippen LogP contribution in [-0.4, -0.2) is 42.0 Å². The largest absolute Gasteiger partial charge is 0.352 e. The summed E-state index contributed by atoms with van der Waals surface area (Å²) >= 11 is 0. The Hall–Kier alpha value is -1.30. The van der Waals surface area contributed by atoms with Crippen molar-refractivity contribution in [2.45, 2.75) is 31.2 Å². The van der Waals surface area contributed by atoms with Crippen molar-refractivity contribution in [1.82, 2.24) is 10.2 Å². The molecule has 96 valence electrons. The van der Waals surface area contributed by atoms with Crippen LogP contribution in [0.5, 0.6) is 0 Å². The van der Waals surface area contributed by atoms with E-state index in [0.717, 1.165) is 32.2 Å². The number of nitrogens with one attached hydrogen (secondary N) is 1. The highest BCUT2D eigenvalue weighted by molar-refractivity contribution is 5.89. The second kappa shape index (κ2) is 4.52. The zero-order valence-corrected chi connectivity index (χ0v) is 9.95. The fourth-order valence-corrected chi connectivity index (χ4v) is 2.32. The Bertz CT molecular complexity index is 327. The number of piperidine rings is 1. The van der Waals surface area contributed by atoms with Crippen molar-refractivity contribution in [3.05, 3.63) is 0 Å². The minimum Gasteiger partial charge on any atom is -0.352 e. The number of hydrogen-bond donors (Lipinski definition) is 3. The van der Waals surface area contributed by atoms with Crippen molar-refractivity contribution in [1.29, 1.82) is 0 Å². The third-order valence-electron chi connectivity index (χ3n) is 3.59. The number of carbonyl (C=O) groups is 2. The molecule has 0 spiro atoms. The predicted octanol–water partition coefficient (Wildman–Crippen LogP) is -0.615. The quantitative estimate of drug-likeness (QED) is 0.613. The van der Waals surface area contributed by atoms with Gasteiger partial charge in [-0.2, -0.15) is 0 Å². The molecule has 2 aliphatic rings. The molecular weight excluding hydrogens is 220 g/mol. The summed E-state index contributed by atoms with van der Waals surface area (Å²) in [5.74, 6) is 0.365. The molecule has 1 atom stereocenters. The molecule has 17 heavy (non-hydrogen) atoms. The van der Waals surface area contributed by atoms with E-state index >= 15 is 0 Å². The molecule has 1 saturated heterocycles. The zero-order valence-electron chi connectivity index (χ0n) is 9.95. The van der Waals surface area contributed by atoms with E-state index in [1.165, 1.54) is 0 Å². The van der Waals surface area contributed by atoms with Gasteiger partial charge in [-0.15, -0.1) is 0 Å². The molecule has 2 rings (SSSR count). The van der Waals surface area contributed by atoms with E-state index in [0.29, 0.717) is 19.0 Å². The molecule has 1 saturated carbocycles. The van der Waals surface area contributed by atoms with Crippen molar-refractivity contribution in [3.63, 3.8) is 0 Å². The van der Waals surface area contributed by atoms with Gasteiger partial charge in [-0.1, -0.05) is 0 Å². The minimum atomic E-state index is -0.584. The highest BCUT2D eigenvalue weighted by Crippen LogP contribution is 2.35. The summed E-state index contributed by atoms with van der Waals surface area (Å²) in [6.45, 7) is 2.00. The molecule has 1 unspecified atom stereocenters. The van der Waals surface area contributed by atoms with Gasteiger partial charge in [-0.25, -0.2) is 4.79 Å². The van der Waals surface area contributed by atoms with Crippen molar-refractivity contribution in [2.24, 2.45) is 17.4 Å². The lowest BCUT2D eigenvalue weighted by molar-refractivity contribution is -0.135. The fourth-order valence-electron chi connectivity index (χ4n) is 2.32. The van der Waals surface area contributed by atoms with E-state index in [4.69, 9.17) is 11.5 Å². The van der Waals surface area contributed by atoms with Gasteiger partial charge in [-0.3, -0.25) is 4.79 Å². The maximum absolute atomic E-state index is 12.1. The van der Waals surface area contributed by atoms with E-state index in [1.807, 2.05) is 4.90 Å². The number of carbonyl (C=O) groups excluding carboxylic acids is 2. The monoisotopic (exact) mass is 240 g/mol. The standard InChI is InChI=1S/C11H20N4O2/c12-10(17)14-6-8-2-1-5-15(7-8)9(16)11(13)3-4-11/h8H,1-7,13H2,(H3,12,14,17). The molecule has 3 amide bonds. The van der Waals surface area contributed by atoms with Crippen LogP contribution in [0.4, 0.5) is 4.79 Å². The SMILES string of the molecule is NC(=O)NCC1CCCN(C(=O)C2(N)CC2)C1. The zero-order chi connectivity index (χ0) is 12.5. The number of rotatable bonds is 3. The van der Waals surface area contributed by atoms with Crippen molar-refractivity contribution in [2.75, 3.05) is 19.6 Å². The van der Waals surface area contributed by atoms with Gasteiger partial charge in [0.05, 0.1) is 5.54 Å². The van der Waals surface area contributed by atoms with Gasteiger partial charge in [0, 0.05) is 19.6 Å². The highest BCUT2D eigenvalue weighted by Gasteiger charge is 2.48. The van der Waals surface area contributed by atoms with Crippen LogP contribution in [0.15, 0.2) is 0 Å². The molecule has 0 bridgehead atoms. The Balaban J connectivity index is 1.84. The fraction of sp³-hybridized carbons (Fsp3) is 0.818. The summed E-state index contributed by atoms with van der Waals surface area (Å²) < 4.78 is 0. The molecule has 0 aromatic rings. The molecule has 0 aromatic carbocycles. The van der Waals surface area contributed by atoms with Gasteiger partial charge in [0.1, 0.15) is 0 Å². The van der Waals surface area contributed by atoms with Crippen LogP contribution in [0.3, 0.4) is 0 Å². The van der Waals surface area contributed by atoms with Crippen molar-refractivity contribution >= 4 is 11.9 Å². The average molecular weight is 240 g/mol. The molecule has 1 aliphatic carbocycles. The normalized spacial score (nSPS) is 26.4. The summed E-state index contributed by atoms with van der Waals surface area (Å²) in [5.41, 5.74) is 10.4. The van der Waals surface area contributed by atoms with E-state index in [1.54, 1.807) is 0 Å². The number of nitrogens with zero attached hydrogens (tertiary/aromatic N) is 1. The summed E-state index contributed by atoms with van der Waals surface area (Å²) in [7, 11) is 0. The summed E-state index contributed by atoms with van der Waals surface area (Å²) in [6, 6.07) is -0.508. The van der Waals surface area contributed by atoms with Gasteiger partial charge >= 0.3 is 6.03 Å². The first-order chi connectivity index (χ1) is 8.01. The predicted molar refractivity (Wildman–Crippen MR) is 63.0 cm³/mol. The van der Waals surface area contributed by atoms with Crippen LogP contribution < -0.4 is 16.8 Å². The maximum atomic E-state index is 12.1. The van der Waals surface area contributed by atoms with Crippen LogP contribution in [0.25, 0.3) is 0 Å². The Labute approximate surface area is 101 Å². The first-order valence-corrected chi connectivity index (χ1v) is 6.13. The molecule has 6 nitrogen and oxygen atoms in total. The molecule has 2 fully saturated rings. The number of primary amides is 1. The van der Waals surface area contributed by atoms with Crippen LogP contribution in [0.2, 0.25) is 0 Å². The highest BCUT2D eigenvalue weighted by atomic mass is 16.2. The van der Waals surface area contributed by atoms with E-state index < -0.39 is 11.6 Å². The Morgan fingerprint density at radius 1 is 1.41 bits per heavy atom. The van der Waals surface area contributed by atoms with E-state index in [9.17, 15) is 9.59 Å². The molecule has 0 aromatic heterocycles. The lowest BCUT2D eigenvalue weighted by Gasteiger charge is -2.34. The van der Waals surface area contributed by atoms with Gasteiger partial charge in [0.15, 0.2) is 0 Å². The van der Waals surface area contributed by atoms with Crippen LogP contribution in [0.1, 0.15) is 25.7 Å². The second-order valence-electron chi connectivity index (χ2n) is 5.16. The summed E-state index contributed by atoms with van der Waals surface area (Å²) in [6.07, 6.45) is 3.58. The Morgan fingerprint density at radius 3 is 2.71 bits per heavy atom. The smallest absolute Gasteiger partial charge is 0.312 e. The molecule has 1 aliphatic heterocycles. The Kier molecular flexibility index (Phi) is 3.24. The number of amides is 3. The lowest BCUT2D eigenvalue weighted by Crippen LogP contribution is -2.51. The number of likely N-dealkylation sites (tertiary alicyclic amines) is 1. The average Bonchev–Trinajstić information content (AvgIpc) is 3.05. The van der Waals surface area contributed by atoms with E-state index in [2.05, 4.69) is 5.32 Å². The lowest BCUT2D eigenvalue weighted by atomic mass is 9.97. The number of urea groups is 1. The summed E-state index contributed by atoms with van der Waals surface area (Å²) in [5, 5.41) is 2.60. The van der Waals surface area contributed by atoms with Gasteiger partial charge in [0.2, 0.25) is 5.91 Å². The van der Waals surface area contributed by atoms with Gasteiger partial charge in [0.25, 0.3) is 0 Å². The number of nitrogens with two attached hydrogens (primary N) is 2. The van der Waals surface area contributed by atoms with Crippen LogP contribution >= 0.6 is 0 Å². The van der Waals surface area contributed by atoms with Crippen molar-refractivity contribution < 1.29 is 9.59 Å². The topological polar surface area (TPSA) is 101 Å². The van der Waals surface area contributed by atoms with Gasteiger partial charge in [-0.05, 0) is 31.6 Å². The maximum Gasteiger partial charge on any atom is 0.312 e. The molecular formula is C11H20N4O2. The first-order valence-electron chi connectivity index (χ1n) is 6.13. The van der Waals surface area contributed by atoms with E-state index in [-0.39, 0.29) is 5.91 Å². The second-order valence-corrected chi connectivity index (χ2v) is 5.16. The van der Waals surface area contributed by atoms with Crippen LogP contribution in [-0.2, 0) is 4.79 Å². The van der Waals surface area contributed by atoms with Crippen molar-refractivity contribution in [3.8, 4) is 0 Å². The summed E-state index contributed by atoms with van der Waals surface area (Å²) in [4.78, 5) is 24.5. The van der Waals surface area contributed by atoms with Gasteiger partial charge < -0.3 is 21.7 Å².